The van der Waals surface area contributed by atoms with Crippen molar-refractivity contribution in [2.75, 3.05) is 36.4 Å². The van der Waals surface area contributed by atoms with E-state index >= 15 is 4.39 Å². The molecule has 1 N–H and O–H groups in total. The first-order valence-corrected chi connectivity index (χ1v) is 12.0. The van der Waals surface area contributed by atoms with Crippen molar-refractivity contribution < 1.29 is 32.0 Å². The topological polar surface area (TPSA) is 80.1 Å². The molecule has 2 aliphatic rings. The fourth-order valence-electron chi connectivity index (χ4n) is 4.50. The molecular formula is C24H23F3N4O4S. The number of benzene rings is 2. The molecule has 2 fully saturated rings. The minimum atomic E-state index is -2.67. The molecule has 0 saturated carbocycles. The molecule has 36 heavy (non-hydrogen) atoms. The first-order valence-electron chi connectivity index (χ1n) is 11.2. The quantitative estimate of drug-likeness (QED) is 0.441. The van der Waals surface area contributed by atoms with E-state index in [1.807, 2.05) is 0 Å². The number of morpholine rings is 1. The van der Waals surface area contributed by atoms with Gasteiger partial charge in [0.1, 0.15) is 24.4 Å². The monoisotopic (exact) mass is 520 g/mol. The van der Waals surface area contributed by atoms with Gasteiger partial charge in [0.15, 0.2) is 5.82 Å². The Morgan fingerprint density at radius 1 is 1.25 bits per heavy atom. The smallest absolute Gasteiger partial charge is 0.263 e. The highest BCUT2D eigenvalue weighted by atomic mass is 32.2. The van der Waals surface area contributed by atoms with E-state index in [0.29, 0.717) is 30.9 Å². The number of nitrogens with one attached hydrogen (secondary N) is 1. The summed E-state index contributed by atoms with van der Waals surface area (Å²) in [6, 6.07) is 9.60. The molecule has 8 nitrogen and oxygen atoms in total. The SMILES string of the molecule is COc1cc(-c2cccc(C(F)F)c2)c(F)cc1N1C(=O)COC2CN(SNc3ccon3)CCC21. The third-order valence-corrected chi connectivity index (χ3v) is 7.09. The summed E-state index contributed by atoms with van der Waals surface area (Å²) in [5, 5.41) is 3.81. The highest BCUT2D eigenvalue weighted by Gasteiger charge is 2.42. The zero-order chi connectivity index (χ0) is 25.2. The van der Waals surface area contributed by atoms with Gasteiger partial charge in [0.2, 0.25) is 0 Å². The molecule has 1 amide bonds. The molecule has 2 aromatic carbocycles. The van der Waals surface area contributed by atoms with Gasteiger partial charge in [-0.3, -0.25) is 9.52 Å². The van der Waals surface area contributed by atoms with Gasteiger partial charge in [-0.05, 0) is 24.1 Å². The predicted molar refractivity (Wildman–Crippen MR) is 128 cm³/mol. The summed E-state index contributed by atoms with van der Waals surface area (Å²) in [6.45, 7) is 1.000. The van der Waals surface area contributed by atoms with Crippen LogP contribution >= 0.6 is 12.1 Å². The molecule has 0 bridgehead atoms. The molecule has 0 aliphatic carbocycles. The van der Waals surface area contributed by atoms with Crippen molar-refractivity contribution in [2.24, 2.45) is 0 Å². The summed E-state index contributed by atoms with van der Waals surface area (Å²) in [4.78, 5) is 14.5. The van der Waals surface area contributed by atoms with Crippen molar-refractivity contribution in [3.8, 4) is 16.9 Å². The number of fused-ring (bicyclic) bond motifs is 1. The van der Waals surface area contributed by atoms with Crippen LogP contribution < -0.4 is 14.4 Å². The Bertz CT molecular complexity index is 1230. The molecule has 5 rings (SSSR count). The zero-order valence-corrected chi connectivity index (χ0v) is 20.0. The number of hydrogen-bond donors (Lipinski definition) is 1. The van der Waals surface area contributed by atoms with Crippen LogP contribution in [-0.2, 0) is 9.53 Å². The van der Waals surface area contributed by atoms with Crippen LogP contribution in [0.1, 0.15) is 18.4 Å². The highest BCUT2D eigenvalue weighted by molar-refractivity contribution is 7.98. The first kappa shape index (κ1) is 24.5. The Morgan fingerprint density at radius 2 is 2.11 bits per heavy atom. The van der Waals surface area contributed by atoms with Gasteiger partial charge < -0.3 is 18.9 Å². The summed E-state index contributed by atoms with van der Waals surface area (Å²) in [5.41, 5.74) is 0.490. The van der Waals surface area contributed by atoms with Gasteiger partial charge in [-0.1, -0.05) is 23.4 Å². The van der Waals surface area contributed by atoms with Crippen molar-refractivity contribution in [3.63, 3.8) is 0 Å². The maximum absolute atomic E-state index is 15.3. The van der Waals surface area contributed by atoms with Crippen molar-refractivity contribution in [3.05, 3.63) is 60.1 Å². The average molecular weight is 521 g/mol. The molecule has 12 heteroatoms. The Balaban J connectivity index is 1.39. The molecule has 3 aromatic rings. The number of halogens is 3. The lowest BCUT2D eigenvalue weighted by Gasteiger charge is -2.46. The van der Waals surface area contributed by atoms with Crippen LogP contribution in [0.3, 0.4) is 0 Å². The molecule has 0 spiro atoms. The average Bonchev–Trinajstić information content (AvgIpc) is 3.41. The first-order chi connectivity index (χ1) is 17.4. The van der Waals surface area contributed by atoms with Crippen LogP contribution in [-0.4, -0.2) is 54.3 Å². The molecule has 1 aromatic heterocycles. The van der Waals surface area contributed by atoms with E-state index in [0.717, 1.165) is 0 Å². The fourth-order valence-corrected chi connectivity index (χ4v) is 5.24. The molecule has 2 unspecified atom stereocenters. The lowest BCUT2D eigenvalue weighted by molar-refractivity contribution is -0.134. The van der Waals surface area contributed by atoms with Gasteiger partial charge in [0.25, 0.3) is 12.3 Å². The molecule has 2 atom stereocenters. The van der Waals surface area contributed by atoms with Crippen LogP contribution in [0.15, 0.2) is 53.3 Å². The highest BCUT2D eigenvalue weighted by Crippen LogP contribution is 2.40. The molecule has 2 aliphatic heterocycles. The van der Waals surface area contributed by atoms with Crippen LogP contribution in [0.2, 0.25) is 0 Å². The minimum Gasteiger partial charge on any atom is -0.495 e. The number of hydrogen-bond acceptors (Lipinski definition) is 8. The number of methoxy groups -OCH3 is 1. The molecule has 2 saturated heterocycles. The Hall–Kier alpha value is -3.22. The third-order valence-electron chi connectivity index (χ3n) is 6.20. The number of piperidine rings is 1. The van der Waals surface area contributed by atoms with Gasteiger partial charge in [-0.2, -0.15) is 0 Å². The number of nitrogens with zero attached hydrogens (tertiary/aromatic N) is 3. The van der Waals surface area contributed by atoms with Gasteiger partial charge in [-0.25, -0.2) is 17.5 Å². The number of carbonyl (C=O) groups is 1. The summed E-state index contributed by atoms with van der Waals surface area (Å²) in [7, 11) is 1.42. The van der Waals surface area contributed by atoms with E-state index in [1.54, 1.807) is 17.0 Å². The maximum atomic E-state index is 15.3. The molecule has 3 heterocycles. The normalized spacial score (nSPS) is 20.5. The van der Waals surface area contributed by atoms with E-state index < -0.39 is 12.2 Å². The minimum absolute atomic E-state index is 0.112. The van der Waals surface area contributed by atoms with E-state index in [1.165, 1.54) is 55.8 Å². The molecular weight excluding hydrogens is 497 g/mol. The van der Waals surface area contributed by atoms with E-state index in [-0.39, 0.29) is 47.2 Å². The fraction of sp³-hybridized carbons (Fsp3) is 0.333. The second-order valence-electron chi connectivity index (χ2n) is 8.37. The van der Waals surface area contributed by atoms with Crippen molar-refractivity contribution >= 4 is 29.5 Å². The van der Waals surface area contributed by atoms with E-state index in [2.05, 4.69) is 14.2 Å². The van der Waals surface area contributed by atoms with Crippen molar-refractivity contribution in [1.82, 2.24) is 9.46 Å². The number of rotatable bonds is 7. The summed E-state index contributed by atoms with van der Waals surface area (Å²) >= 11 is 1.36. The molecule has 190 valence electrons. The largest absolute Gasteiger partial charge is 0.495 e. The standard InChI is InChI=1S/C24H23F3N4O4S/c1-33-20-10-16(14-3-2-4-15(9-14)24(26)27)17(25)11-19(20)31-18-5-7-30(12-21(18)34-13-23(31)32)36-29-22-6-8-35-28-22/h2-4,6,8-11,18,21,24H,5,7,12-13H2,1H3,(H,28,29). The van der Waals surface area contributed by atoms with Gasteiger partial charge in [0, 0.05) is 48.5 Å². The number of amides is 1. The number of ether oxygens (including phenoxy) is 2. The Labute approximate surface area is 209 Å². The van der Waals surface area contributed by atoms with Crippen LogP contribution in [0, 0.1) is 5.82 Å². The third kappa shape index (κ3) is 4.88. The Kier molecular flexibility index (Phi) is 7.08. The van der Waals surface area contributed by atoms with Crippen molar-refractivity contribution in [2.45, 2.75) is 25.0 Å². The van der Waals surface area contributed by atoms with Crippen LogP contribution in [0.4, 0.5) is 24.7 Å². The lowest BCUT2D eigenvalue weighted by Crippen LogP contribution is -2.60. The number of carbonyl (C=O) groups excluding carboxylic acids is 1. The summed E-state index contributed by atoms with van der Waals surface area (Å²) in [6.07, 6.45) is -0.936. The van der Waals surface area contributed by atoms with E-state index in [4.69, 9.17) is 14.0 Å². The number of alkyl halides is 2. The van der Waals surface area contributed by atoms with E-state index in [9.17, 15) is 13.6 Å². The summed E-state index contributed by atoms with van der Waals surface area (Å²) < 4.78 is 63.0. The van der Waals surface area contributed by atoms with Crippen molar-refractivity contribution in [1.29, 1.82) is 0 Å². The Morgan fingerprint density at radius 3 is 2.86 bits per heavy atom. The van der Waals surface area contributed by atoms with Gasteiger partial charge >= 0.3 is 0 Å². The summed E-state index contributed by atoms with van der Waals surface area (Å²) in [5.74, 6) is -0.0867. The maximum Gasteiger partial charge on any atom is 0.263 e. The second-order valence-corrected chi connectivity index (χ2v) is 9.27. The second kappa shape index (κ2) is 10.4. The predicted octanol–water partition coefficient (Wildman–Crippen LogP) is 4.91. The van der Waals surface area contributed by atoms with Gasteiger partial charge in [0.05, 0.1) is 24.9 Å². The van der Waals surface area contributed by atoms with Crippen LogP contribution in [0.5, 0.6) is 5.75 Å². The lowest BCUT2D eigenvalue weighted by atomic mass is 9.97. The van der Waals surface area contributed by atoms with Gasteiger partial charge in [-0.15, -0.1) is 0 Å². The number of anilines is 2. The zero-order valence-electron chi connectivity index (χ0n) is 19.2. The van der Waals surface area contributed by atoms with Crippen LogP contribution in [0.25, 0.3) is 11.1 Å². The molecule has 0 radical (unpaired) electrons. The number of aromatic nitrogens is 1.